The normalized spacial score (nSPS) is 19.3. The number of esters is 1. The maximum atomic E-state index is 11.5. The number of carbonyl (C=O) groups excluding carboxylic acids is 1. The Labute approximate surface area is 113 Å². The summed E-state index contributed by atoms with van der Waals surface area (Å²) in [6, 6.07) is 2.24. The van der Waals surface area contributed by atoms with Crippen molar-refractivity contribution < 1.29 is 9.53 Å². The van der Waals surface area contributed by atoms with Crippen molar-refractivity contribution in [1.82, 2.24) is 9.97 Å². The average molecular weight is 264 g/mol. The van der Waals surface area contributed by atoms with Gasteiger partial charge in [-0.25, -0.2) is 14.8 Å². The second kappa shape index (κ2) is 6.47. The Kier molecular flexibility index (Phi) is 4.68. The van der Waals surface area contributed by atoms with Crippen LogP contribution < -0.4 is 10.6 Å². The molecule has 0 saturated carbocycles. The zero-order valence-corrected chi connectivity index (χ0v) is 11.2. The van der Waals surface area contributed by atoms with Crippen LogP contribution in [0.15, 0.2) is 12.3 Å². The zero-order valence-electron chi connectivity index (χ0n) is 11.2. The van der Waals surface area contributed by atoms with Crippen LogP contribution >= 0.6 is 0 Å². The molecule has 1 saturated heterocycles. The minimum absolute atomic E-state index is 0.108. The molecule has 1 aliphatic rings. The highest BCUT2D eigenvalue weighted by Crippen LogP contribution is 2.24. The van der Waals surface area contributed by atoms with Crippen LogP contribution in [-0.2, 0) is 4.74 Å². The fourth-order valence-corrected chi connectivity index (χ4v) is 2.49. The molecule has 104 valence electrons. The Hall–Kier alpha value is -1.69. The molecule has 1 aliphatic heterocycles. The van der Waals surface area contributed by atoms with Crippen molar-refractivity contribution in [3.05, 3.63) is 18.1 Å². The lowest BCUT2D eigenvalue weighted by atomic mass is 9.99. The first kappa shape index (κ1) is 13.7. The summed E-state index contributed by atoms with van der Waals surface area (Å²) < 4.78 is 4.65. The van der Waals surface area contributed by atoms with Crippen LogP contribution in [-0.4, -0.2) is 42.2 Å². The maximum Gasteiger partial charge on any atom is 0.376 e. The van der Waals surface area contributed by atoms with Gasteiger partial charge in [0.2, 0.25) is 5.82 Å². The van der Waals surface area contributed by atoms with E-state index in [4.69, 9.17) is 5.73 Å². The van der Waals surface area contributed by atoms with Gasteiger partial charge in [-0.1, -0.05) is 0 Å². The number of piperidine rings is 1. The van der Waals surface area contributed by atoms with Gasteiger partial charge >= 0.3 is 5.97 Å². The third-order valence-corrected chi connectivity index (χ3v) is 3.43. The SMILES string of the molecule is COC(=O)c1nccc(N2CCCCC2CCN)n1. The lowest BCUT2D eigenvalue weighted by molar-refractivity contribution is 0.0586. The fraction of sp³-hybridized carbons (Fsp3) is 0.615. The van der Waals surface area contributed by atoms with E-state index in [0.29, 0.717) is 12.6 Å². The molecule has 1 aromatic heterocycles. The van der Waals surface area contributed by atoms with Gasteiger partial charge in [-0.15, -0.1) is 0 Å². The Bertz CT molecular complexity index is 436. The molecule has 0 bridgehead atoms. The quantitative estimate of drug-likeness (QED) is 0.816. The van der Waals surface area contributed by atoms with E-state index in [1.807, 2.05) is 6.07 Å². The molecular weight excluding hydrogens is 244 g/mol. The number of ether oxygens (including phenoxy) is 1. The van der Waals surface area contributed by atoms with Crippen molar-refractivity contribution in [2.24, 2.45) is 5.73 Å². The molecular formula is C13H20N4O2. The minimum atomic E-state index is -0.505. The summed E-state index contributed by atoms with van der Waals surface area (Å²) in [5.74, 6) is 0.389. The number of nitrogens with zero attached hydrogens (tertiary/aromatic N) is 3. The number of hydrogen-bond donors (Lipinski definition) is 1. The molecule has 2 N–H and O–H groups in total. The minimum Gasteiger partial charge on any atom is -0.463 e. The molecule has 0 aromatic carbocycles. The molecule has 0 radical (unpaired) electrons. The highest BCUT2D eigenvalue weighted by molar-refractivity contribution is 5.85. The zero-order chi connectivity index (χ0) is 13.7. The van der Waals surface area contributed by atoms with Crippen LogP contribution in [0.25, 0.3) is 0 Å². The molecule has 1 atom stereocenters. The molecule has 1 fully saturated rings. The topological polar surface area (TPSA) is 81.3 Å². The number of anilines is 1. The van der Waals surface area contributed by atoms with E-state index in [-0.39, 0.29) is 5.82 Å². The van der Waals surface area contributed by atoms with Crippen LogP contribution in [0, 0.1) is 0 Å². The summed E-state index contributed by atoms with van der Waals surface area (Å²) in [6.45, 7) is 1.61. The molecule has 6 heteroatoms. The molecule has 0 amide bonds. The third kappa shape index (κ3) is 3.20. The highest BCUT2D eigenvalue weighted by Gasteiger charge is 2.23. The largest absolute Gasteiger partial charge is 0.463 e. The Balaban J connectivity index is 2.21. The predicted molar refractivity (Wildman–Crippen MR) is 72.0 cm³/mol. The van der Waals surface area contributed by atoms with E-state index in [9.17, 15) is 4.79 Å². The first-order valence-corrected chi connectivity index (χ1v) is 6.64. The monoisotopic (exact) mass is 264 g/mol. The van der Waals surface area contributed by atoms with E-state index in [2.05, 4.69) is 19.6 Å². The van der Waals surface area contributed by atoms with Gasteiger partial charge in [0.05, 0.1) is 7.11 Å². The smallest absolute Gasteiger partial charge is 0.376 e. The summed E-state index contributed by atoms with van der Waals surface area (Å²) in [7, 11) is 1.33. The van der Waals surface area contributed by atoms with E-state index < -0.39 is 5.97 Å². The van der Waals surface area contributed by atoms with Crippen molar-refractivity contribution >= 4 is 11.8 Å². The van der Waals surface area contributed by atoms with Crippen LogP contribution in [0.1, 0.15) is 36.3 Å². The molecule has 6 nitrogen and oxygen atoms in total. The van der Waals surface area contributed by atoms with Gasteiger partial charge in [0.15, 0.2) is 0 Å². The molecule has 0 spiro atoms. The highest BCUT2D eigenvalue weighted by atomic mass is 16.5. The Morgan fingerprint density at radius 3 is 3.16 bits per heavy atom. The van der Waals surface area contributed by atoms with Gasteiger partial charge < -0.3 is 15.4 Å². The van der Waals surface area contributed by atoms with Crippen LogP contribution in [0.3, 0.4) is 0 Å². The van der Waals surface area contributed by atoms with Gasteiger partial charge in [0.25, 0.3) is 0 Å². The number of hydrogen-bond acceptors (Lipinski definition) is 6. The van der Waals surface area contributed by atoms with Gasteiger partial charge in [-0.3, -0.25) is 0 Å². The second-order valence-corrected chi connectivity index (χ2v) is 4.65. The predicted octanol–water partition coefficient (Wildman–Crippen LogP) is 0.971. The molecule has 1 unspecified atom stereocenters. The van der Waals surface area contributed by atoms with Crippen molar-refractivity contribution in [3.63, 3.8) is 0 Å². The maximum absolute atomic E-state index is 11.5. The van der Waals surface area contributed by atoms with Gasteiger partial charge in [0, 0.05) is 18.8 Å². The lowest BCUT2D eigenvalue weighted by Gasteiger charge is -2.36. The van der Waals surface area contributed by atoms with E-state index in [1.165, 1.54) is 13.5 Å². The number of methoxy groups -OCH3 is 1. The van der Waals surface area contributed by atoms with Gasteiger partial charge in [-0.2, -0.15) is 0 Å². The fourth-order valence-electron chi connectivity index (χ4n) is 2.49. The summed E-state index contributed by atoms with van der Waals surface area (Å²) >= 11 is 0. The van der Waals surface area contributed by atoms with Crippen LogP contribution in [0.5, 0.6) is 0 Å². The van der Waals surface area contributed by atoms with Crippen molar-refractivity contribution in [2.75, 3.05) is 25.1 Å². The molecule has 19 heavy (non-hydrogen) atoms. The van der Waals surface area contributed by atoms with E-state index in [1.54, 1.807) is 6.20 Å². The Morgan fingerprint density at radius 1 is 1.58 bits per heavy atom. The van der Waals surface area contributed by atoms with Gasteiger partial charge in [0.1, 0.15) is 5.82 Å². The molecule has 0 aliphatic carbocycles. The number of rotatable bonds is 4. The molecule has 1 aromatic rings. The first-order valence-electron chi connectivity index (χ1n) is 6.64. The van der Waals surface area contributed by atoms with Crippen LogP contribution in [0.2, 0.25) is 0 Å². The summed E-state index contributed by atoms with van der Waals surface area (Å²) in [5.41, 5.74) is 5.67. The lowest BCUT2D eigenvalue weighted by Crippen LogP contribution is -2.41. The average Bonchev–Trinajstić information content (AvgIpc) is 2.47. The Morgan fingerprint density at radius 2 is 2.42 bits per heavy atom. The summed E-state index contributed by atoms with van der Waals surface area (Å²) in [6.07, 6.45) is 6.02. The van der Waals surface area contributed by atoms with Gasteiger partial charge in [-0.05, 0) is 38.3 Å². The number of aromatic nitrogens is 2. The first-order chi connectivity index (χ1) is 9.26. The molecule has 2 heterocycles. The second-order valence-electron chi connectivity index (χ2n) is 4.65. The van der Waals surface area contributed by atoms with E-state index in [0.717, 1.165) is 31.6 Å². The standard InChI is InChI=1S/C13H20N4O2/c1-19-13(18)12-15-8-6-11(16-12)17-9-3-2-4-10(17)5-7-14/h6,8,10H,2-5,7,9,14H2,1H3. The number of nitrogens with two attached hydrogens (primary N) is 1. The summed E-state index contributed by atoms with van der Waals surface area (Å²) in [4.78, 5) is 21.9. The van der Waals surface area contributed by atoms with Crippen LogP contribution in [0.4, 0.5) is 5.82 Å². The van der Waals surface area contributed by atoms with Crippen molar-refractivity contribution in [2.45, 2.75) is 31.7 Å². The van der Waals surface area contributed by atoms with Crippen molar-refractivity contribution in [1.29, 1.82) is 0 Å². The number of carbonyl (C=O) groups is 1. The summed E-state index contributed by atoms with van der Waals surface area (Å²) in [5, 5.41) is 0. The van der Waals surface area contributed by atoms with Crippen molar-refractivity contribution in [3.8, 4) is 0 Å². The third-order valence-electron chi connectivity index (χ3n) is 3.43. The van der Waals surface area contributed by atoms with E-state index >= 15 is 0 Å². The molecule has 2 rings (SSSR count).